The average molecular weight is 569 g/mol. The predicted molar refractivity (Wildman–Crippen MR) is 130 cm³/mol. The highest BCUT2D eigenvalue weighted by Crippen LogP contribution is 2.56. The number of halogens is 6. The largest absolute Gasteiger partial charge is 0.298 e. The first-order valence-corrected chi connectivity index (χ1v) is 12.5. The van der Waals surface area contributed by atoms with Crippen LogP contribution in [0.3, 0.4) is 0 Å². The van der Waals surface area contributed by atoms with Crippen molar-refractivity contribution < 1.29 is 18.9 Å². The Balaban J connectivity index is 2.26. The van der Waals surface area contributed by atoms with Crippen molar-refractivity contribution in [2.24, 2.45) is 0 Å². The van der Waals surface area contributed by atoms with Crippen molar-refractivity contribution in [1.82, 2.24) is 0 Å². The molecular formula is C21H9Cl6O4P. The van der Waals surface area contributed by atoms with Crippen LogP contribution in [-0.2, 0) is 4.57 Å². The van der Waals surface area contributed by atoms with E-state index in [1.807, 2.05) is 0 Å². The van der Waals surface area contributed by atoms with Crippen LogP contribution in [0.25, 0.3) is 0 Å². The van der Waals surface area contributed by atoms with E-state index in [2.05, 4.69) is 0 Å². The zero-order valence-corrected chi connectivity index (χ0v) is 21.0. The van der Waals surface area contributed by atoms with E-state index in [4.69, 9.17) is 69.6 Å². The van der Waals surface area contributed by atoms with Crippen LogP contribution in [0, 0.1) is 0 Å². The summed E-state index contributed by atoms with van der Waals surface area (Å²) in [6, 6.07) is 11.1. The van der Waals surface area contributed by atoms with Gasteiger partial charge in [0, 0.05) is 31.8 Å². The molecule has 32 heavy (non-hydrogen) atoms. The van der Waals surface area contributed by atoms with E-state index in [9.17, 15) is 18.9 Å². The van der Waals surface area contributed by atoms with Gasteiger partial charge in [-0.3, -0.25) is 18.9 Å². The molecule has 3 aromatic rings. The van der Waals surface area contributed by atoms with Gasteiger partial charge in [0.2, 0.25) is 16.6 Å². The van der Waals surface area contributed by atoms with Gasteiger partial charge in [-0.15, -0.1) is 0 Å². The van der Waals surface area contributed by atoms with Gasteiger partial charge in [-0.05, 0) is 54.6 Å². The van der Waals surface area contributed by atoms with Crippen molar-refractivity contribution in [3.63, 3.8) is 0 Å². The maximum atomic E-state index is 14.1. The lowest BCUT2D eigenvalue weighted by Crippen LogP contribution is -2.19. The Kier molecular flexibility index (Phi) is 7.79. The van der Waals surface area contributed by atoms with Crippen LogP contribution in [0.5, 0.6) is 0 Å². The molecule has 0 bridgehead atoms. The summed E-state index contributed by atoms with van der Waals surface area (Å²) in [6.45, 7) is 0. The first-order chi connectivity index (χ1) is 15.0. The highest BCUT2D eigenvalue weighted by Gasteiger charge is 2.49. The Morgan fingerprint density at radius 1 is 0.500 bits per heavy atom. The number of hydrogen-bond acceptors (Lipinski definition) is 4. The van der Waals surface area contributed by atoms with Gasteiger partial charge in [0.15, 0.2) is 0 Å². The van der Waals surface area contributed by atoms with Crippen molar-refractivity contribution in [1.29, 1.82) is 0 Å². The Labute approximate surface area is 212 Å². The summed E-state index contributed by atoms with van der Waals surface area (Å²) in [4.78, 5) is 40.2. The monoisotopic (exact) mass is 566 g/mol. The second-order valence-corrected chi connectivity index (χ2v) is 11.4. The Morgan fingerprint density at radius 2 is 0.750 bits per heavy atom. The summed E-state index contributed by atoms with van der Waals surface area (Å²) in [7, 11) is -5.08. The molecule has 3 aromatic carbocycles. The second kappa shape index (κ2) is 9.87. The summed E-state index contributed by atoms with van der Waals surface area (Å²) in [5.74, 6) is 0. The maximum absolute atomic E-state index is 14.1. The smallest absolute Gasteiger partial charge is 0.287 e. The van der Waals surface area contributed by atoms with Crippen molar-refractivity contribution in [2.75, 3.05) is 0 Å². The first-order valence-electron chi connectivity index (χ1n) is 8.56. The number of hydrogen-bond donors (Lipinski definition) is 0. The maximum Gasteiger partial charge on any atom is 0.287 e. The van der Waals surface area contributed by atoms with Crippen molar-refractivity contribution in [2.45, 2.75) is 0 Å². The molecule has 0 aliphatic carbocycles. The van der Waals surface area contributed by atoms with Crippen molar-refractivity contribution in [3.05, 3.63) is 101 Å². The lowest BCUT2D eigenvalue weighted by molar-refractivity contribution is 0.100. The van der Waals surface area contributed by atoms with E-state index in [0.29, 0.717) is 0 Å². The third kappa shape index (κ3) is 4.78. The summed E-state index contributed by atoms with van der Waals surface area (Å²) in [5.41, 5.74) is -4.83. The molecule has 0 aliphatic heterocycles. The zero-order chi connectivity index (χ0) is 23.8. The predicted octanol–water partition coefficient (Wildman–Crippen LogP) is 8.79. The second-order valence-electron chi connectivity index (χ2n) is 6.40. The number of benzene rings is 3. The fourth-order valence-corrected chi connectivity index (χ4v) is 6.61. The van der Waals surface area contributed by atoms with Crippen LogP contribution in [0.4, 0.5) is 0 Å². The van der Waals surface area contributed by atoms with Crippen LogP contribution < -0.4 is 0 Å². The van der Waals surface area contributed by atoms with Gasteiger partial charge in [-0.1, -0.05) is 69.6 Å². The van der Waals surface area contributed by atoms with E-state index in [-0.39, 0.29) is 46.8 Å². The molecule has 0 saturated heterocycles. The van der Waals surface area contributed by atoms with E-state index in [1.165, 1.54) is 54.6 Å². The van der Waals surface area contributed by atoms with Gasteiger partial charge >= 0.3 is 0 Å². The normalized spacial score (nSPS) is 11.3. The SMILES string of the molecule is O=C(c1ccc(Cl)cc1Cl)P(=O)(C(=O)c1ccc(Cl)cc1Cl)C(=O)c1ccc(Cl)cc1Cl. The lowest BCUT2D eigenvalue weighted by atomic mass is 10.2. The Bertz CT molecular complexity index is 1180. The minimum absolute atomic E-state index is 0.187. The summed E-state index contributed by atoms with van der Waals surface area (Å²) in [6.07, 6.45) is 0. The van der Waals surface area contributed by atoms with Crippen LogP contribution in [0.15, 0.2) is 54.6 Å². The van der Waals surface area contributed by atoms with Crippen LogP contribution in [-0.4, -0.2) is 16.6 Å². The average Bonchev–Trinajstić information content (AvgIpc) is 2.72. The van der Waals surface area contributed by atoms with Gasteiger partial charge in [0.1, 0.15) is 0 Å². The van der Waals surface area contributed by atoms with Crippen molar-refractivity contribution >= 4 is 93.3 Å². The number of rotatable bonds is 6. The third-order valence-corrected chi connectivity index (χ3v) is 8.42. The molecule has 3 rings (SSSR count). The molecular weight excluding hydrogens is 560 g/mol. The van der Waals surface area contributed by atoms with E-state index in [1.54, 1.807) is 0 Å². The molecule has 0 heterocycles. The summed E-state index contributed by atoms with van der Waals surface area (Å²) >= 11 is 35.9. The molecule has 0 spiro atoms. The number of carbonyl (C=O) groups excluding carboxylic acids is 3. The van der Waals surface area contributed by atoms with Crippen molar-refractivity contribution in [3.8, 4) is 0 Å². The Morgan fingerprint density at radius 3 is 0.969 bits per heavy atom. The van der Waals surface area contributed by atoms with Crippen LogP contribution >= 0.6 is 76.7 Å². The molecule has 0 aliphatic rings. The molecule has 11 heteroatoms. The van der Waals surface area contributed by atoms with Crippen LogP contribution in [0.2, 0.25) is 30.1 Å². The summed E-state index contributed by atoms with van der Waals surface area (Å²) < 4.78 is 14.1. The van der Waals surface area contributed by atoms with Gasteiger partial charge < -0.3 is 0 Å². The standard InChI is InChI=1S/C21H9Cl6O4P/c22-10-1-4-13(16(25)7-10)19(28)32(31,20(29)14-5-2-11(23)8-17(14)26)21(30)15-6-3-12(24)9-18(15)27/h1-9H. The highest BCUT2D eigenvalue weighted by atomic mass is 35.5. The molecule has 0 aromatic heterocycles. The molecule has 0 radical (unpaired) electrons. The molecule has 0 N–H and O–H groups in total. The van der Waals surface area contributed by atoms with Gasteiger partial charge in [-0.2, -0.15) is 0 Å². The zero-order valence-electron chi connectivity index (χ0n) is 15.5. The first kappa shape index (κ1) is 25.3. The third-order valence-electron chi connectivity index (χ3n) is 4.34. The van der Waals surface area contributed by atoms with Crippen LogP contribution in [0.1, 0.15) is 31.1 Å². The molecule has 0 fully saturated rings. The molecule has 0 atom stereocenters. The van der Waals surface area contributed by atoms with E-state index in [0.717, 1.165) is 0 Å². The fourth-order valence-electron chi connectivity index (χ4n) is 2.77. The molecule has 0 unspecified atom stereocenters. The molecule has 4 nitrogen and oxygen atoms in total. The molecule has 164 valence electrons. The van der Waals surface area contributed by atoms with E-state index < -0.39 is 23.7 Å². The van der Waals surface area contributed by atoms with Gasteiger partial charge in [-0.25, -0.2) is 0 Å². The molecule has 0 amide bonds. The number of carbonyl (C=O) groups is 3. The molecule has 0 saturated carbocycles. The lowest BCUT2D eigenvalue weighted by Gasteiger charge is -2.17. The highest BCUT2D eigenvalue weighted by molar-refractivity contribution is 8.07. The Hall–Kier alpha value is -1.36. The fraction of sp³-hybridized carbons (Fsp3) is 0. The van der Waals surface area contributed by atoms with E-state index >= 15 is 0 Å². The van der Waals surface area contributed by atoms with Gasteiger partial charge in [0.05, 0.1) is 15.1 Å². The minimum atomic E-state index is -5.08. The van der Waals surface area contributed by atoms with Gasteiger partial charge in [0.25, 0.3) is 7.14 Å². The topological polar surface area (TPSA) is 68.3 Å². The quantitative estimate of drug-likeness (QED) is 0.279. The summed E-state index contributed by atoms with van der Waals surface area (Å²) in [5, 5.41) is 0.0229. The minimum Gasteiger partial charge on any atom is -0.298 e.